The highest BCUT2D eigenvalue weighted by molar-refractivity contribution is 5.03. The van der Waals surface area contributed by atoms with Crippen LogP contribution in [0, 0.1) is 0 Å². The number of nitrogens with one attached hydrogen (secondary N) is 1. The summed E-state index contributed by atoms with van der Waals surface area (Å²) in [5.41, 5.74) is 3.73. The third-order valence-electron chi connectivity index (χ3n) is 2.01. The minimum atomic E-state index is 0.156. The number of hydrazine groups is 1. The zero-order valence-corrected chi connectivity index (χ0v) is 7.90. The molecule has 1 aromatic heterocycles. The van der Waals surface area contributed by atoms with Gasteiger partial charge in [0.2, 0.25) is 0 Å². The molecule has 4 nitrogen and oxygen atoms in total. The molecule has 0 aliphatic rings. The van der Waals surface area contributed by atoms with Gasteiger partial charge in [-0.1, -0.05) is 19.8 Å². The SMILES string of the molecule is CCCCC(NN)c1ccncn1. The molecule has 0 saturated carbocycles. The van der Waals surface area contributed by atoms with Gasteiger partial charge in [0.05, 0.1) is 11.7 Å². The molecule has 0 fully saturated rings. The standard InChI is InChI=1S/C9H16N4/c1-2-3-4-9(13-10)8-5-6-11-7-12-8/h5-7,9,13H,2-4,10H2,1H3. The first kappa shape index (κ1) is 10.1. The van der Waals surface area contributed by atoms with Gasteiger partial charge < -0.3 is 0 Å². The Balaban J connectivity index is 2.56. The molecule has 0 radical (unpaired) electrons. The molecule has 1 aromatic rings. The molecule has 0 spiro atoms. The van der Waals surface area contributed by atoms with Crippen LogP contribution < -0.4 is 11.3 Å². The number of nitrogens with two attached hydrogens (primary N) is 1. The summed E-state index contributed by atoms with van der Waals surface area (Å²) in [6.07, 6.45) is 6.62. The largest absolute Gasteiger partial charge is 0.271 e. The molecule has 0 bridgehead atoms. The van der Waals surface area contributed by atoms with E-state index in [-0.39, 0.29) is 6.04 Å². The first-order valence-corrected chi connectivity index (χ1v) is 4.60. The maximum Gasteiger partial charge on any atom is 0.115 e. The van der Waals surface area contributed by atoms with Gasteiger partial charge in [0.25, 0.3) is 0 Å². The predicted molar refractivity (Wildman–Crippen MR) is 51.6 cm³/mol. The molecule has 4 heteroatoms. The fourth-order valence-electron chi connectivity index (χ4n) is 1.23. The lowest BCUT2D eigenvalue weighted by Crippen LogP contribution is -2.28. The second-order valence-corrected chi connectivity index (χ2v) is 3.00. The van der Waals surface area contributed by atoms with E-state index in [1.807, 2.05) is 6.07 Å². The lowest BCUT2D eigenvalue weighted by Gasteiger charge is -2.13. The zero-order chi connectivity index (χ0) is 9.52. The summed E-state index contributed by atoms with van der Waals surface area (Å²) in [7, 11) is 0. The molecule has 0 saturated heterocycles. The maximum absolute atomic E-state index is 5.44. The Morgan fingerprint density at radius 1 is 1.62 bits per heavy atom. The molecular weight excluding hydrogens is 164 g/mol. The number of unbranched alkanes of at least 4 members (excludes halogenated alkanes) is 1. The Morgan fingerprint density at radius 2 is 2.46 bits per heavy atom. The molecule has 1 rings (SSSR count). The van der Waals surface area contributed by atoms with Gasteiger partial charge in [0.1, 0.15) is 6.33 Å². The number of nitrogens with zero attached hydrogens (tertiary/aromatic N) is 2. The average molecular weight is 180 g/mol. The summed E-state index contributed by atoms with van der Waals surface area (Å²) in [4.78, 5) is 8.01. The van der Waals surface area contributed by atoms with E-state index in [1.165, 1.54) is 6.42 Å². The molecule has 0 amide bonds. The van der Waals surface area contributed by atoms with E-state index < -0.39 is 0 Å². The van der Waals surface area contributed by atoms with Crippen LogP contribution in [0.3, 0.4) is 0 Å². The van der Waals surface area contributed by atoms with Crippen LogP contribution >= 0.6 is 0 Å². The van der Waals surface area contributed by atoms with Crippen molar-refractivity contribution < 1.29 is 0 Å². The van der Waals surface area contributed by atoms with Crippen LogP contribution in [0.15, 0.2) is 18.6 Å². The van der Waals surface area contributed by atoms with Gasteiger partial charge >= 0.3 is 0 Å². The third kappa shape index (κ3) is 3.08. The summed E-state index contributed by atoms with van der Waals surface area (Å²) in [5, 5.41) is 0. The summed E-state index contributed by atoms with van der Waals surface area (Å²) < 4.78 is 0. The second-order valence-electron chi connectivity index (χ2n) is 3.00. The molecular formula is C9H16N4. The molecule has 0 aliphatic carbocycles. The third-order valence-corrected chi connectivity index (χ3v) is 2.01. The summed E-state index contributed by atoms with van der Waals surface area (Å²) >= 11 is 0. The first-order chi connectivity index (χ1) is 6.38. The fraction of sp³-hybridized carbons (Fsp3) is 0.556. The van der Waals surface area contributed by atoms with Gasteiger partial charge in [-0.05, 0) is 12.5 Å². The predicted octanol–water partition coefficient (Wildman–Crippen LogP) is 1.17. The van der Waals surface area contributed by atoms with E-state index in [4.69, 9.17) is 5.84 Å². The monoisotopic (exact) mass is 180 g/mol. The number of hydrogen-bond acceptors (Lipinski definition) is 4. The van der Waals surface area contributed by atoms with Crippen LogP contribution in [0.5, 0.6) is 0 Å². The Bertz CT molecular complexity index is 224. The van der Waals surface area contributed by atoms with Crippen LogP contribution in [0.4, 0.5) is 0 Å². The van der Waals surface area contributed by atoms with E-state index in [1.54, 1.807) is 12.5 Å². The van der Waals surface area contributed by atoms with Crippen molar-refractivity contribution in [3.8, 4) is 0 Å². The number of hydrogen-bond donors (Lipinski definition) is 2. The van der Waals surface area contributed by atoms with Crippen LogP contribution in [-0.4, -0.2) is 9.97 Å². The van der Waals surface area contributed by atoms with Crippen molar-refractivity contribution in [3.63, 3.8) is 0 Å². The summed E-state index contributed by atoms with van der Waals surface area (Å²) in [6, 6.07) is 2.04. The number of rotatable bonds is 5. The van der Waals surface area contributed by atoms with E-state index in [0.717, 1.165) is 18.5 Å². The minimum Gasteiger partial charge on any atom is -0.271 e. The molecule has 1 unspecified atom stereocenters. The van der Waals surface area contributed by atoms with Crippen LogP contribution in [0.2, 0.25) is 0 Å². The summed E-state index contributed by atoms with van der Waals surface area (Å²) in [5.74, 6) is 5.44. The van der Waals surface area contributed by atoms with Crippen molar-refractivity contribution in [1.29, 1.82) is 0 Å². The topological polar surface area (TPSA) is 63.8 Å². The minimum absolute atomic E-state index is 0.156. The normalized spacial score (nSPS) is 12.8. The van der Waals surface area contributed by atoms with Gasteiger partial charge in [-0.25, -0.2) is 9.97 Å². The van der Waals surface area contributed by atoms with Crippen LogP contribution in [-0.2, 0) is 0 Å². The Hall–Kier alpha value is -1.00. The van der Waals surface area contributed by atoms with E-state index in [2.05, 4.69) is 22.3 Å². The molecule has 1 heterocycles. The van der Waals surface area contributed by atoms with Gasteiger partial charge in [-0.15, -0.1) is 0 Å². The lowest BCUT2D eigenvalue weighted by molar-refractivity contribution is 0.484. The highest BCUT2D eigenvalue weighted by Gasteiger charge is 2.08. The van der Waals surface area contributed by atoms with Crippen molar-refractivity contribution in [2.75, 3.05) is 0 Å². The fourth-order valence-corrected chi connectivity index (χ4v) is 1.23. The smallest absolute Gasteiger partial charge is 0.115 e. The van der Waals surface area contributed by atoms with Crippen molar-refractivity contribution in [2.45, 2.75) is 32.2 Å². The van der Waals surface area contributed by atoms with E-state index >= 15 is 0 Å². The molecule has 13 heavy (non-hydrogen) atoms. The van der Waals surface area contributed by atoms with Gasteiger partial charge in [-0.2, -0.15) is 0 Å². The summed E-state index contributed by atoms with van der Waals surface area (Å²) in [6.45, 7) is 2.16. The Labute approximate surface area is 78.6 Å². The highest BCUT2D eigenvalue weighted by Crippen LogP contribution is 2.14. The van der Waals surface area contributed by atoms with E-state index in [0.29, 0.717) is 0 Å². The lowest BCUT2D eigenvalue weighted by atomic mass is 10.1. The van der Waals surface area contributed by atoms with Gasteiger partial charge in [0, 0.05) is 6.20 Å². The zero-order valence-electron chi connectivity index (χ0n) is 7.90. The van der Waals surface area contributed by atoms with E-state index in [9.17, 15) is 0 Å². The van der Waals surface area contributed by atoms with Crippen molar-refractivity contribution in [1.82, 2.24) is 15.4 Å². The van der Waals surface area contributed by atoms with Crippen molar-refractivity contribution in [3.05, 3.63) is 24.3 Å². The maximum atomic E-state index is 5.44. The highest BCUT2D eigenvalue weighted by atomic mass is 15.2. The molecule has 3 N–H and O–H groups in total. The van der Waals surface area contributed by atoms with Crippen LogP contribution in [0.1, 0.15) is 37.9 Å². The van der Waals surface area contributed by atoms with Gasteiger partial charge in [-0.3, -0.25) is 11.3 Å². The Morgan fingerprint density at radius 3 is 3.00 bits per heavy atom. The average Bonchev–Trinajstić information content (AvgIpc) is 2.21. The quantitative estimate of drug-likeness (QED) is 0.527. The molecule has 1 atom stereocenters. The number of aromatic nitrogens is 2. The van der Waals surface area contributed by atoms with Crippen LogP contribution in [0.25, 0.3) is 0 Å². The Kier molecular flexibility index (Phi) is 4.35. The molecule has 72 valence electrons. The first-order valence-electron chi connectivity index (χ1n) is 4.60. The molecule has 0 aliphatic heterocycles. The second kappa shape index (κ2) is 5.61. The molecule has 0 aromatic carbocycles. The van der Waals surface area contributed by atoms with Gasteiger partial charge in [0.15, 0.2) is 0 Å². The van der Waals surface area contributed by atoms with Crippen molar-refractivity contribution >= 4 is 0 Å². The van der Waals surface area contributed by atoms with Crippen molar-refractivity contribution in [2.24, 2.45) is 5.84 Å².